The molecule has 0 saturated carbocycles. The predicted octanol–water partition coefficient (Wildman–Crippen LogP) is 21.5. The molecule has 6 heteroatoms. The van der Waals surface area contributed by atoms with Gasteiger partial charge in [-0.15, -0.1) is 22.7 Å². The van der Waals surface area contributed by atoms with Gasteiger partial charge < -0.3 is 19.6 Å². The monoisotopic (exact) mass is 1040 g/mol. The molecule has 0 N–H and O–H groups in total. The van der Waals surface area contributed by atoms with Crippen LogP contribution < -0.4 is 19.6 Å². The summed E-state index contributed by atoms with van der Waals surface area (Å²) in [5, 5.41) is 5.14. The van der Waals surface area contributed by atoms with Gasteiger partial charge in [-0.05, 0) is 174 Å². The Morgan fingerprint density at radius 3 is 1.41 bits per heavy atom. The lowest BCUT2D eigenvalue weighted by Crippen LogP contribution is -2.30. The topological polar surface area (TPSA) is 13.0 Å². The van der Waals surface area contributed by atoms with Crippen LogP contribution in [0.3, 0.4) is 0 Å². The Bertz CT molecular complexity index is 4370. The maximum absolute atomic E-state index is 2.45. The summed E-state index contributed by atoms with van der Waals surface area (Å²) in [6, 6.07) is 94.1. The highest BCUT2D eigenvalue weighted by Crippen LogP contribution is 2.54. The summed E-state index contributed by atoms with van der Waals surface area (Å²) in [5.41, 5.74) is 18.6. The standard InChI is InChI=1S/C72H56N4S2/c1-5-48-44-55(36-40-65(48)73(4)51-18-8-6-9-19-51)74(56-38-42-70-61(45-56)59-22-12-16-26-68(59)77-70)53-32-28-49(29-33-53)50-30-34-54(35-31-50)75(57-39-43-71-62(46-57)60-23-13-17-27-69(60)78-71)58-37-41-67-64(47-58)72(2,3)63-24-14-15-25-66(63)76(67)52-20-10-7-11-21-52/h6-47H,5H2,1-4H3. The van der Waals surface area contributed by atoms with Gasteiger partial charge in [-0.2, -0.15) is 0 Å². The second kappa shape index (κ2) is 19.3. The molecule has 1 aliphatic heterocycles. The Balaban J connectivity index is 0.856. The molecule has 0 atom stereocenters. The van der Waals surface area contributed by atoms with Crippen LogP contribution in [-0.2, 0) is 11.8 Å². The fourth-order valence-electron chi connectivity index (χ4n) is 12.0. The number of hydrogen-bond acceptors (Lipinski definition) is 6. The van der Waals surface area contributed by atoms with E-state index in [1.807, 2.05) is 22.7 Å². The van der Waals surface area contributed by atoms with Crippen molar-refractivity contribution in [2.45, 2.75) is 32.6 Å². The lowest BCUT2D eigenvalue weighted by molar-refractivity contribution is 0.632. The van der Waals surface area contributed by atoms with Crippen LogP contribution in [0.5, 0.6) is 0 Å². The molecule has 14 rings (SSSR count). The molecule has 0 aliphatic carbocycles. The molecule has 3 heterocycles. The number of fused-ring (bicyclic) bond motifs is 8. The molecule has 4 nitrogen and oxygen atoms in total. The fraction of sp³-hybridized carbons (Fsp3) is 0.0833. The van der Waals surface area contributed by atoms with Gasteiger partial charge >= 0.3 is 0 Å². The lowest BCUT2D eigenvalue weighted by atomic mass is 9.73. The molecule has 2 aromatic heterocycles. The van der Waals surface area contributed by atoms with Gasteiger partial charge in [0.05, 0.1) is 11.4 Å². The highest BCUT2D eigenvalue weighted by molar-refractivity contribution is 7.26. The molecular formula is C72H56N4S2. The van der Waals surface area contributed by atoms with Crippen LogP contribution in [0.1, 0.15) is 37.5 Å². The first-order valence-electron chi connectivity index (χ1n) is 26.9. The third-order valence-electron chi connectivity index (χ3n) is 16.0. The number of nitrogens with zero attached hydrogens (tertiary/aromatic N) is 4. The van der Waals surface area contributed by atoms with Gasteiger partial charge in [-0.1, -0.05) is 136 Å². The second-order valence-corrected chi connectivity index (χ2v) is 23.1. The van der Waals surface area contributed by atoms with Gasteiger partial charge in [-0.25, -0.2) is 0 Å². The molecule has 0 spiro atoms. The van der Waals surface area contributed by atoms with Gasteiger partial charge in [0.2, 0.25) is 0 Å². The Morgan fingerprint density at radius 1 is 0.372 bits per heavy atom. The van der Waals surface area contributed by atoms with Crippen molar-refractivity contribution in [2.24, 2.45) is 0 Å². The molecule has 0 unspecified atom stereocenters. The zero-order chi connectivity index (χ0) is 52.5. The van der Waals surface area contributed by atoms with E-state index in [0.717, 1.165) is 57.4 Å². The number of para-hydroxylation sites is 3. The minimum Gasteiger partial charge on any atom is -0.344 e. The molecule has 0 amide bonds. The third-order valence-corrected chi connectivity index (χ3v) is 18.3. The van der Waals surface area contributed by atoms with Crippen molar-refractivity contribution < 1.29 is 0 Å². The largest absolute Gasteiger partial charge is 0.344 e. The summed E-state index contributed by atoms with van der Waals surface area (Å²) in [7, 11) is 2.17. The van der Waals surface area contributed by atoms with E-state index in [-0.39, 0.29) is 5.41 Å². The molecule has 376 valence electrons. The summed E-state index contributed by atoms with van der Waals surface area (Å²) in [5.74, 6) is 0. The highest BCUT2D eigenvalue weighted by Gasteiger charge is 2.37. The van der Waals surface area contributed by atoms with E-state index in [1.165, 1.54) is 79.8 Å². The quantitative estimate of drug-likeness (QED) is 0.128. The molecule has 11 aromatic carbocycles. The molecule has 13 aromatic rings. The minimum absolute atomic E-state index is 0.260. The maximum atomic E-state index is 2.45. The molecule has 0 radical (unpaired) electrons. The normalized spacial score (nSPS) is 12.7. The van der Waals surface area contributed by atoms with Gasteiger partial charge in [0, 0.05) is 104 Å². The SMILES string of the molecule is CCc1cc(N(c2ccc(-c3ccc(N(c4ccc5c(c4)C(C)(C)c4ccccc4N5c4ccccc4)c4ccc5sc6ccccc6c5c4)cc3)cc2)c2ccc3sc4ccccc4c3c2)ccc1N(C)c1ccccc1. The first-order chi connectivity index (χ1) is 38.3. The number of anilines is 11. The van der Waals surface area contributed by atoms with Crippen LogP contribution in [0.2, 0.25) is 0 Å². The smallest absolute Gasteiger partial charge is 0.0504 e. The van der Waals surface area contributed by atoms with Crippen molar-refractivity contribution in [1.82, 2.24) is 0 Å². The first-order valence-corrected chi connectivity index (χ1v) is 28.6. The van der Waals surface area contributed by atoms with Crippen LogP contribution in [0.25, 0.3) is 51.5 Å². The van der Waals surface area contributed by atoms with Crippen LogP contribution in [0.15, 0.2) is 255 Å². The van der Waals surface area contributed by atoms with Crippen LogP contribution in [-0.4, -0.2) is 7.05 Å². The van der Waals surface area contributed by atoms with Gasteiger partial charge in [-0.3, -0.25) is 0 Å². The Labute approximate surface area is 464 Å². The predicted molar refractivity (Wildman–Crippen MR) is 338 cm³/mol. The van der Waals surface area contributed by atoms with Crippen molar-refractivity contribution in [3.05, 3.63) is 271 Å². The van der Waals surface area contributed by atoms with Crippen LogP contribution in [0, 0.1) is 0 Å². The zero-order valence-electron chi connectivity index (χ0n) is 44.1. The summed E-state index contributed by atoms with van der Waals surface area (Å²) in [6.45, 7) is 7.00. The number of rotatable bonds is 11. The number of thiophene rings is 2. The van der Waals surface area contributed by atoms with E-state index in [4.69, 9.17) is 0 Å². The number of aryl methyl sites for hydroxylation is 1. The highest BCUT2D eigenvalue weighted by atomic mass is 32.1. The Hall–Kier alpha value is -8.94. The zero-order valence-corrected chi connectivity index (χ0v) is 45.7. The summed E-state index contributed by atoms with van der Waals surface area (Å²) < 4.78 is 5.19. The van der Waals surface area contributed by atoms with Crippen LogP contribution >= 0.6 is 22.7 Å². The average molecular weight is 1040 g/mol. The fourth-order valence-corrected chi connectivity index (χ4v) is 14.2. The van der Waals surface area contributed by atoms with E-state index in [2.05, 4.69) is 302 Å². The molecule has 78 heavy (non-hydrogen) atoms. The molecule has 0 fully saturated rings. The van der Waals surface area contributed by atoms with E-state index < -0.39 is 0 Å². The van der Waals surface area contributed by atoms with Crippen molar-refractivity contribution >= 4 is 126 Å². The molecular weight excluding hydrogens is 985 g/mol. The number of benzene rings is 11. The number of hydrogen-bond donors (Lipinski definition) is 0. The van der Waals surface area contributed by atoms with Gasteiger partial charge in [0.1, 0.15) is 0 Å². The molecule has 0 saturated heterocycles. The van der Waals surface area contributed by atoms with Gasteiger partial charge in [0.15, 0.2) is 0 Å². The van der Waals surface area contributed by atoms with E-state index in [1.54, 1.807) is 0 Å². The van der Waals surface area contributed by atoms with Crippen molar-refractivity contribution in [3.63, 3.8) is 0 Å². The van der Waals surface area contributed by atoms with Crippen LogP contribution in [0.4, 0.5) is 62.6 Å². The summed E-state index contributed by atoms with van der Waals surface area (Å²) in [4.78, 5) is 9.60. The Kier molecular flexibility index (Phi) is 11.7. The van der Waals surface area contributed by atoms with E-state index >= 15 is 0 Å². The Morgan fingerprint density at radius 2 is 0.821 bits per heavy atom. The van der Waals surface area contributed by atoms with E-state index in [9.17, 15) is 0 Å². The van der Waals surface area contributed by atoms with Gasteiger partial charge in [0.25, 0.3) is 0 Å². The minimum atomic E-state index is -0.260. The lowest BCUT2D eigenvalue weighted by Gasteiger charge is -2.42. The second-order valence-electron chi connectivity index (χ2n) is 20.9. The van der Waals surface area contributed by atoms with Crippen molar-refractivity contribution in [2.75, 3.05) is 26.6 Å². The molecule has 1 aliphatic rings. The maximum Gasteiger partial charge on any atom is 0.0504 e. The molecule has 0 bridgehead atoms. The first kappa shape index (κ1) is 47.5. The van der Waals surface area contributed by atoms with Crippen molar-refractivity contribution in [3.8, 4) is 11.1 Å². The van der Waals surface area contributed by atoms with E-state index in [0.29, 0.717) is 0 Å². The third kappa shape index (κ3) is 8.10. The summed E-state index contributed by atoms with van der Waals surface area (Å²) >= 11 is 3.72. The summed E-state index contributed by atoms with van der Waals surface area (Å²) in [6.07, 6.45) is 0.903. The average Bonchev–Trinajstić information content (AvgIpc) is 4.11. The van der Waals surface area contributed by atoms with Crippen molar-refractivity contribution in [1.29, 1.82) is 0 Å².